The van der Waals surface area contributed by atoms with Crippen molar-refractivity contribution < 1.29 is 9.53 Å². The molecule has 0 N–H and O–H groups in total. The molecule has 1 aliphatic heterocycles. The Labute approximate surface area is 82.5 Å². The van der Waals surface area contributed by atoms with Crippen molar-refractivity contribution in [1.82, 2.24) is 0 Å². The van der Waals surface area contributed by atoms with Gasteiger partial charge in [-0.05, 0) is 12.2 Å². The van der Waals surface area contributed by atoms with Crippen LogP contribution in [0.5, 0.6) is 0 Å². The van der Waals surface area contributed by atoms with Gasteiger partial charge in [-0.25, -0.2) is 0 Å². The van der Waals surface area contributed by atoms with Crippen LogP contribution in [0.1, 0.15) is 6.42 Å². The van der Waals surface area contributed by atoms with Gasteiger partial charge in [0.15, 0.2) is 0 Å². The molecule has 0 fully saturated rings. The van der Waals surface area contributed by atoms with Crippen molar-refractivity contribution in [2.45, 2.75) is 6.42 Å². The smallest absolute Gasteiger partial charge is 0.307 e. The number of methoxy groups -OCH3 is 1. The molecule has 72 valence electrons. The molecule has 0 aromatic carbocycles. The number of allylic oxidation sites excluding steroid dienone is 5. The molecule has 3 heteroatoms. The number of carbonyl (C=O) groups excluding carboxylic acids is 1. The van der Waals surface area contributed by atoms with Crippen LogP contribution in [-0.4, -0.2) is 18.8 Å². The molecular formula is C11H11NO2. The lowest BCUT2D eigenvalue weighted by molar-refractivity contribution is -0.141. The summed E-state index contributed by atoms with van der Waals surface area (Å²) in [4.78, 5) is 15.5. The molecule has 1 aliphatic carbocycles. The van der Waals surface area contributed by atoms with Gasteiger partial charge < -0.3 is 4.74 Å². The maximum atomic E-state index is 11.2. The van der Waals surface area contributed by atoms with Crippen LogP contribution in [0.2, 0.25) is 0 Å². The minimum absolute atomic E-state index is 0.218. The molecule has 2 aliphatic rings. The standard InChI is InChI=1S/C11H11NO2/c1-14-10(13)8-11-5-3-2-4-9(11)12-7-6-11/h2-7H,8H2,1H3. The van der Waals surface area contributed by atoms with Crippen LogP contribution in [0.3, 0.4) is 0 Å². The quantitative estimate of drug-likeness (QED) is 0.619. The molecule has 0 aromatic heterocycles. The number of ether oxygens (including phenoxy) is 1. The maximum Gasteiger partial charge on any atom is 0.307 e. The van der Waals surface area contributed by atoms with Crippen molar-refractivity contribution in [2.75, 3.05) is 7.11 Å². The number of esters is 1. The van der Waals surface area contributed by atoms with Crippen LogP contribution >= 0.6 is 0 Å². The second kappa shape index (κ2) is 3.25. The molecule has 0 radical (unpaired) electrons. The normalized spacial score (nSPS) is 27.4. The van der Waals surface area contributed by atoms with Gasteiger partial charge in [-0.15, -0.1) is 0 Å². The van der Waals surface area contributed by atoms with Crippen LogP contribution < -0.4 is 0 Å². The Balaban J connectivity index is 2.26. The minimum Gasteiger partial charge on any atom is -0.469 e. The summed E-state index contributed by atoms with van der Waals surface area (Å²) in [5.74, 6) is -0.218. The molecule has 0 bridgehead atoms. The van der Waals surface area contributed by atoms with E-state index in [0.29, 0.717) is 6.42 Å². The summed E-state index contributed by atoms with van der Waals surface area (Å²) < 4.78 is 4.67. The summed E-state index contributed by atoms with van der Waals surface area (Å²) in [6.07, 6.45) is 11.7. The lowest BCUT2D eigenvalue weighted by Crippen LogP contribution is -2.28. The zero-order chi connectivity index (χ0) is 10.0. The molecule has 2 rings (SSSR count). The van der Waals surface area contributed by atoms with Gasteiger partial charge in [-0.3, -0.25) is 9.79 Å². The van der Waals surface area contributed by atoms with E-state index in [1.54, 1.807) is 6.20 Å². The zero-order valence-electron chi connectivity index (χ0n) is 7.93. The number of fused-ring (bicyclic) bond motifs is 1. The van der Waals surface area contributed by atoms with Crippen molar-refractivity contribution in [3.8, 4) is 0 Å². The zero-order valence-corrected chi connectivity index (χ0v) is 7.93. The van der Waals surface area contributed by atoms with Gasteiger partial charge in [0.25, 0.3) is 0 Å². The number of rotatable bonds is 2. The van der Waals surface area contributed by atoms with E-state index in [-0.39, 0.29) is 11.4 Å². The summed E-state index contributed by atoms with van der Waals surface area (Å²) >= 11 is 0. The van der Waals surface area contributed by atoms with Crippen molar-refractivity contribution in [2.24, 2.45) is 10.4 Å². The number of nitrogens with zero attached hydrogens (tertiary/aromatic N) is 1. The topological polar surface area (TPSA) is 38.7 Å². The first kappa shape index (κ1) is 8.94. The molecule has 3 nitrogen and oxygen atoms in total. The molecule has 1 atom stereocenters. The van der Waals surface area contributed by atoms with Crippen molar-refractivity contribution in [3.63, 3.8) is 0 Å². The van der Waals surface area contributed by atoms with Gasteiger partial charge in [0.1, 0.15) is 0 Å². The number of carbonyl (C=O) groups is 1. The van der Waals surface area contributed by atoms with E-state index in [2.05, 4.69) is 9.73 Å². The van der Waals surface area contributed by atoms with E-state index >= 15 is 0 Å². The van der Waals surface area contributed by atoms with Crippen LogP contribution in [0, 0.1) is 5.41 Å². The fraction of sp³-hybridized carbons (Fsp3) is 0.273. The fourth-order valence-corrected chi connectivity index (χ4v) is 1.69. The monoisotopic (exact) mass is 189 g/mol. The first-order valence-corrected chi connectivity index (χ1v) is 4.45. The predicted octanol–water partition coefficient (Wildman–Crippen LogP) is 1.63. The minimum atomic E-state index is -0.359. The highest BCUT2D eigenvalue weighted by molar-refractivity contribution is 6.07. The molecular weight excluding hydrogens is 178 g/mol. The largest absolute Gasteiger partial charge is 0.469 e. The van der Waals surface area contributed by atoms with E-state index in [1.165, 1.54) is 7.11 Å². The van der Waals surface area contributed by atoms with Gasteiger partial charge in [0.2, 0.25) is 0 Å². The Morgan fingerprint density at radius 2 is 2.36 bits per heavy atom. The highest BCUT2D eigenvalue weighted by Gasteiger charge is 2.35. The lowest BCUT2D eigenvalue weighted by Gasteiger charge is -2.24. The highest BCUT2D eigenvalue weighted by Crippen LogP contribution is 2.35. The van der Waals surface area contributed by atoms with Crippen LogP contribution in [0.15, 0.2) is 41.6 Å². The van der Waals surface area contributed by atoms with E-state index in [4.69, 9.17) is 0 Å². The average Bonchev–Trinajstić information content (AvgIpc) is 2.60. The summed E-state index contributed by atoms with van der Waals surface area (Å²) in [5, 5.41) is 0. The van der Waals surface area contributed by atoms with Crippen LogP contribution in [0.25, 0.3) is 0 Å². The Bertz CT molecular complexity index is 377. The first-order valence-electron chi connectivity index (χ1n) is 4.45. The third kappa shape index (κ3) is 1.31. The first-order chi connectivity index (χ1) is 6.77. The SMILES string of the molecule is COC(=O)CC12C=CC=CC1=NC=C2. The van der Waals surface area contributed by atoms with E-state index in [9.17, 15) is 4.79 Å². The van der Waals surface area contributed by atoms with Crippen molar-refractivity contribution in [1.29, 1.82) is 0 Å². The molecule has 14 heavy (non-hydrogen) atoms. The summed E-state index contributed by atoms with van der Waals surface area (Å²) in [6.45, 7) is 0. The van der Waals surface area contributed by atoms with Gasteiger partial charge in [0, 0.05) is 6.20 Å². The van der Waals surface area contributed by atoms with Gasteiger partial charge >= 0.3 is 5.97 Å². The van der Waals surface area contributed by atoms with E-state index in [0.717, 1.165) is 5.71 Å². The van der Waals surface area contributed by atoms with Gasteiger partial charge in [-0.2, -0.15) is 0 Å². The predicted molar refractivity (Wildman–Crippen MR) is 53.9 cm³/mol. The highest BCUT2D eigenvalue weighted by atomic mass is 16.5. The Hall–Kier alpha value is -1.64. The summed E-state index contributed by atoms with van der Waals surface area (Å²) in [7, 11) is 1.40. The van der Waals surface area contributed by atoms with Crippen molar-refractivity contribution in [3.05, 3.63) is 36.6 Å². The number of hydrogen-bond donors (Lipinski definition) is 0. The van der Waals surface area contributed by atoms with Crippen molar-refractivity contribution >= 4 is 11.7 Å². The molecule has 0 amide bonds. The average molecular weight is 189 g/mol. The Morgan fingerprint density at radius 3 is 3.14 bits per heavy atom. The molecule has 0 saturated carbocycles. The fourth-order valence-electron chi connectivity index (χ4n) is 1.69. The molecule has 0 saturated heterocycles. The second-order valence-electron chi connectivity index (χ2n) is 3.34. The van der Waals surface area contributed by atoms with Crippen LogP contribution in [-0.2, 0) is 9.53 Å². The van der Waals surface area contributed by atoms with Gasteiger partial charge in [-0.1, -0.05) is 18.2 Å². The molecule has 1 unspecified atom stereocenters. The van der Waals surface area contributed by atoms with Gasteiger partial charge in [0.05, 0.1) is 24.7 Å². The lowest BCUT2D eigenvalue weighted by atomic mass is 9.78. The second-order valence-corrected chi connectivity index (χ2v) is 3.34. The van der Waals surface area contributed by atoms with E-state index in [1.807, 2.05) is 30.4 Å². The molecule has 0 spiro atoms. The molecule has 1 heterocycles. The molecule has 0 aromatic rings. The third-order valence-corrected chi connectivity index (χ3v) is 2.49. The number of hydrogen-bond acceptors (Lipinski definition) is 3. The van der Waals surface area contributed by atoms with Crippen LogP contribution in [0.4, 0.5) is 0 Å². The third-order valence-electron chi connectivity index (χ3n) is 2.49. The maximum absolute atomic E-state index is 11.2. The number of aliphatic imine (C=N–C) groups is 1. The van der Waals surface area contributed by atoms with E-state index < -0.39 is 0 Å². The summed E-state index contributed by atoms with van der Waals surface area (Å²) in [5.41, 5.74) is 0.548. The summed E-state index contributed by atoms with van der Waals surface area (Å²) in [6, 6.07) is 0. The Kier molecular flexibility index (Phi) is 2.08. The Morgan fingerprint density at radius 1 is 1.50 bits per heavy atom.